The predicted molar refractivity (Wildman–Crippen MR) is 53.1 cm³/mol. The van der Waals surface area contributed by atoms with Gasteiger partial charge in [0.25, 0.3) is 6.47 Å². The molecule has 0 bridgehead atoms. The summed E-state index contributed by atoms with van der Waals surface area (Å²) < 4.78 is 4.55. The summed E-state index contributed by atoms with van der Waals surface area (Å²) >= 11 is 0. The van der Waals surface area contributed by atoms with Gasteiger partial charge in [-0.1, -0.05) is 0 Å². The van der Waals surface area contributed by atoms with E-state index in [9.17, 15) is 9.59 Å². The lowest BCUT2D eigenvalue weighted by molar-refractivity contribution is -0.139. The molecule has 0 aliphatic heterocycles. The highest BCUT2D eigenvalue weighted by Gasteiger charge is 2.07. The van der Waals surface area contributed by atoms with E-state index in [0.29, 0.717) is 6.47 Å². The second-order valence-corrected chi connectivity index (χ2v) is 3.68. The van der Waals surface area contributed by atoms with Gasteiger partial charge in [0, 0.05) is 0 Å². The lowest BCUT2D eigenvalue weighted by atomic mass is 10.2. The van der Waals surface area contributed by atoms with Crippen LogP contribution in [0.2, 0.25) is 0 Å². The maximum absolute atomic E-state index is 9.87. The number of carboxylic acids is 1. The van der Waals surface area contributed by atoms with Gasteiger partial charge in [0.15, 0.2) is 0 Å². The molecule has 0 fully saturated rings. The minimum absolute atomic E-state index is 0.318. The van der Waals surface area contributed by atoms with Crippen molar-refractivity contribution in [3.05, 3.63) is 0 Å². The average molecular weight is 205 g/mol. The van der Waals surface area contributed by atoms with Gasteiger partial charge < -0.3 is 15.2 Å². The number of likely N-dealkylation sites (N-methyl/N-ethyl adjacent to an activating group) is 1. The molecule has 0 rings (SSSR count). The van der Waals surface area contributed by atoms with Crippen LogP contribution in [0.25, 0.3) is 0 Å². The third kappa shape index (κ3) is 13.5. The molecule has 0 aliphatic carbocycles. The van der Waals surface area contributed by atoms with E-state index in [-0.39, 0.29) is 5.60 Å². The lowest BCUT2D eigenvalue weighted by Crippen LogP contribution is -2.29. The van der Waals surface area contributed by atoms with Crippen molar-refractivity contribution in [1.82, 2.24) is 5.32 Å². The van der Waals surface area contributed by atoms with Gasteiger partial charge in [-0.25, -0.2) is 0 Å². The highest BCUT2D eigenvalue weighted by atomic mass is 16.5. The molecule has 0 aromatic carbocycles. The van der Waals surface area contributed by atoms with E-state index >= 15 is 0 Å². The summed E-state index contributed by atoms with van der Waals surface area (Å²) in [6.07, 6.45) is 0. The van der Waals surface area contributed by atoms with E-state index in [2.05, 4.69) is 10.1 Å². The van der Waals surface area contributed by atoms with Crippen molar-refractivity contribution in [1.29, 1.82) is 0 Å². The van der Waals surface area contributed by atoms with Gasteiger partial charge in [0.05, 0.1) is 0 Å². The van der Waals surface area contributed by atoms with Crippen LogP contribution in [0.15, 0.2) is 0 Å². The van der Waals surface area contributed by atoms with Crippen molar-refractivity contribution in [2.75, 3.05) is 7.05 Å². The first-order valence-corrected chi connectivity index (χ1v) is 4.26. The van der Waals surface area contributed by atoms with Gasteiger partial charge in [-0.05, 0) is 34.7 Å². The van der Waals surface area contributed by atoms with Crippen LogP contribution in [0.3, 0.4) is 0 Å². The molecule has 0 radical (unpaired) electrons. The summed E-state index contributed by atoms with van der Waals surface area (Å²) in [5.74, 6) is -0.817. The van der Waals surface area contributed by atoms with Crippen molar-refractivity contribution < 1.29 is 19.4 Å². The van der Waals surface area contributed by atoms with Crippen LogP contribution in [0.4, 0.5) is 0 Å². The molecule has 0 aromatic rings. The molecular formula is C9H19NO4. The van der Waals surface area contributed by atoms with Crippen LogP contribution in [-0.4, -0.2) is 36.2 Å². The van der Waals surface area contributed by atoms with Gasteiger partial charge in [0.2, 0.25) is 0 Å². The first-order chi connectivity index (χ1) is 6.24. The van der Waals surface area contributed by atoms with E-state index in [1.165, 1.54) is 0 Å². The number of carbonyl (C=O) groups excluding carboxylic acids is 1. The van der Waals surface area contributed by atoms with Crippen LogP contribution in [0, 0.1) is 0 Å². The summed E-state index contributed by atoms with van der Waals surface area (Å²) in [6, 6.07) is -0.431. The van der Waals surface area contributed by atoms with Crippen molar-refractivity contribution >= 4 is 12.4 Å². The molecule has 84 valence electrons. The predicted octanol–water partition coefficient (Wildman–Crippen LogP) is 0.637. The Bertz CT molecular complexity index is 174. The molecule has 2 N–H and O–H groups in total. The zero-order valence-corrected chi connectivity index (χ0v) is 9.33. The molecule has 0 amide bonds. The van der Waals surface area contributed by atoms with Gasteiger partial charge >= 0.3 is 5.97 Å². The van der Waals surface area contributed by atoms with Crippen LogP contribution in [0.1, 0.15) is 27.7 Å². The molecule has 0 aromatic heterocycles. The topological polar surface area (TPSA) is 75.6 Å². The normalized spacial score (nSPS) is 12.1. The maximum Gasteiger partial charge on any atom is 0.320 e. The van der Waals surface area contributed by atoms with Gasteiger partial charge in [-0.2, -0.15) is 0 Å². The van der Waals surface area contributed by atoms with E-state index in [4.69, 9.17) is 5.11 Å². The Balaban J connectivity index is 0. The highest BCUT2D eigenvalue weighted by molar-refractivity contribution is 5.72. The molecule has 0 saturated carbocycles. The summed E-state index contributed by atoms with van der Waals surface area (Å²) in [7, 11) is 1.61. The Morgan fingerprint density at radius 1 is 1.50 bits per heavy atom. The van der Waals surface area contributed by atoms with Gasteiger partial charge in [-0.15, -0.1) is 0 Å². The Morgan fingerprint density at radius 2 is 1.93 bits per heavy atom. The number of carboxylic acid groups (broad SMARTS) is 1. The summed E-state index contributed by atoms with van der Waals surface area (Å²) in [5, 5.41) is 10.7. The van der Waals surface area contributed by atoms with Crippen LogP contribution in [0.5, 0.6) is 0 Å². The average Bonchev–Trinajstić information content (AvgIpc) is 2.01. The molecule has 1 atom stereocenters. The smallest absolute Gasteiger partial charge is 0.320 e. The van der Waals surface area contributed by atoms with Crippen LogP contribution < -0.4 is 5.32 Å². The van der Waals surface area contributed by atoms with Gasteiger partial charge in [0.1, 0.15) is 11.6 Å². The monoisotopic (exact) mass is 205 g/mol. The van der Waals surface area contributed by atoms with Crippen molar-refractivity contribution in [3.63, 3.8) is 0 Å². The molecule has 14 heavy (non-hydrogen) atoms. The second-order valence-electron chi connectivity index (χ2n) is 3.68. The molecule has 0 aliphatic rings. The number of ether oxygens (including phenoxy) is 1. The summed E-state index contributed by atoms with van der Waals surface area (Å²) in [5.41, 5.74) is -0.318. The quantitative estimate of drug-likeness (QED) is 0.661. The highest BCUT2D eigenvalue weighted by Crippen LogP contribution is 2.02. The Morgan fingerprint density at radius 3 is 1.93 bits per heavy atom. The number of aliphatic carboxylic acids is 1. The van der Waals surface area contributed by atoms with E-state index in [1.54, 1.807) is 14.0 Å². The van der Waals surface area contributed by atoms with Crippen LogP contribution in [-0.2, 0) is 14.3 Å². The van der Waals surface area contributed by atoms with Crippen LogP contribution >= 0.6 is 0 Å². The fraction of sp³-hybridized carbons (Fsp3) is 0.778. The first kappa shape index (κ1) is 15.4. The zero-order valence-electron chi connectivity index (χ0n) is 9.33. The second kappa shape index (κ2) is 7.32. The number of carbonyl (C=O) groups is 2. The Kier molecular flexibility index (Phi) is 8.04. The third-order valence-corrected chi connectivity index (χ3v) is 1.21. The summed E-state index contributed by atoms with van der Waals surface area (Å²) in [4.78, 5) is 19.5. The molecule has 5 heteroatoms. The summed E-state index contributed by atoms with van der Waals surface area (Å²) in [6.45, 7) is 7.51. The molecule has 5 nitrogen and oxygen atoms in total. The van der Waals surface area contributed by atoms with Gasteiger partial charge in [-0.3, -0.25) is 9.59 Å². The first-order valence-electron chi connectivity index (χ1n) is 4.26. The van der Waals surface area contributed by atoms with E-state index in [1.807, 2.05) is 20.8 Å². The van der Waals surface area contributed by atoms with Crippen molar-refractivity contribution in [2.24, 2.45) is 0 Å². The lowest BCUT2D eigenvalue weighted by Gasteiger charge is -2.14. The van der Waals surface area contributed by atoms with E-state index in [0.717, 1.165) is 0 Å². The largest absolute Gasteiger partial charge is 0.480 e. The van der Waals surface area contributed by atoms with Crippen molar-refractivity contribution in [3.8, 4) is 0 Å². The minimum atomic E-state index is -0.817. The minimum Gasteiger partial charge on any atom is -0.480 e. The number of hydrogen-bond donors (Lipinski definition) is 2. The molecule has 0 spiro atoms. The number of hydrogen-bond acceptors (Lipinski definition) is 4. The standard InChI is InChI=1S/C5H10O2.C4H9NO2/c1-5(2,3)7-4-6;1-3(5-2)4(6)7/h4H,1-3H3;3,5H,1-2H3,(H,6,7)/t;3-/m.0/s1. The van der Waals surface area contributed by atoms with E-state index < -0.39 is 12.0 Å². The fourth-order valence-electron chi connectivity index (χ4n) is 0.268. The zero-order chi connectivity index (χ0) is 11.8. The third-order valence-electron chi connectivity index (χ3n) is 1.21. The molecule has 0 heterocycles. The Hall–Kier alpha value is -1.10. The Labute approximate surface area is 84.4 Å². The maximum atomic E-state index is 9.87. The fourth-order valence-corrected chi connectivity index (χ4v) is 0.268. The molecule has 0 saturated heterocycles. The molecule has 0 unspecified atom stereocenters. The number of nitrogens with one attached hydrogen (secondary N) is 1. The number of rotatable bonds is 3. The van der Waals surface area contributed by atoms with Crippen molar-refractivity contribution in [2.45, 2.75) is 39.3 Å². The molecular weight excluding hydrogens is 186 g/mol. The SMILES string of the molecule is CC(C)(C)OC=O.CN[C@@H](C)C(=O)O.